The third kappa shape index (κ3) is 3.32. The van der Waals surface area contributed by atoms with Gasteiger partial charge in [0.25, 0.3) is 5.91 Å². The van der Waals surface area contributed by atoms with Crippen LogP contribution in [0.1, 0.15) is 12.0 Å². The Kier molecular flexibility index (Phi) is 4.31. The molecule has 0 spiro atoms. The Labute approximate surface area is 148 Å². The third-order valence-corrected chi connectivity index (χ3v) is 5.03. The molecule has 2 aromatic rings. The van der Waals surface area contributed by atoms with Gasteiger partial charge in [0.15, 0.2) is 11.5 Å². The Morgan fingerprint density at radius 3 is 2.96 bits per heavy atom. The first-order chi connectivity index (χ1) is 12.2. The number of hydrogen-bond donors (Lipinski definition) is 1. The summed E-state index contributed by atoms with van der Waals surface area (Å²) in [6.07, 6.45) is -0.115. The number of thioether (sulfide) groups is 1. The van der Waals surface area contributed by atoms with Crippen LogP contribution in [0.2, 0.25) is 0 Å². The quantitative estimate of drug-likeness (QED) is 0.839. The van der Waals surface area contributed by atoms with Crippen molar-refractivity contribution in [1.82, 2.24) is 5.43 Å². The fourth-order valence-electron chi connectivity index (χ4n) is 2.71. The lowest BCUT2D eigenvalue weighted by Gasteiger charge is -2.25. The zero-order valence-corrected chi connectivity index (χ0v) is 14.0. The van der Waals surface area contributed by atoms with E-state index < -0.39 is 12.0 Å². The number of nitrogens with zero attached hydrogens (tertiary/aromatic N) is 1. The number of nitrogens with one attached hydrogen (secondary N) is 1. The minimum absolute atomic E-state index is 0.120. The van der Waals surface area contributed by atoms with Gasteiger partial charge in [0.2, 0.25) is 6.10 Å². The summed E-state index contributed by atoms with van der Waals surface area (Å²) in [5.41, 5.74) is 3.92. The number of rotatable bonds is 2. The van der Waals surface area contributed by atoms with E-state index in [0.717, 1.165) is 16.2 Å². The van der Waals surface area contributed by atoms with Crippen LogP contribution in [0, 0.1) is 5.82 Å². The maximum Gasteiger partial charge on any atom is 0.284 e. The molecule has 4 rings (SSSR count). The molecule has 2 aromatic carbocycles. The summed E-state index contributed by atoms with van der Waals surface area (Å²) in [6.45, 7) is 0.120. The van der Waals surface area contributed by atoms with Gasteiger partial charge in [-0.1, -0.05) is 12.1 Å². The van der Waals surface area contributed by atoms with Gasteiger partial charge in [-0.3, -0.25) is 4.79 Å². The Bertz CT molecular complexity index is 856. The third-order valence-electron chi connectivity index (χ3n) is 3.95. The summed E-state index contributed by atoms with van der Waals surface area (Å²) >= 11 is 1.65. The molecular weight excluding hydrogens is 343 g/mol. The number of benzene rings is 2. The summed E-state index contributed by atoms with van der Waals surface area (Å²) < 4.78 is 24.7. The number of hydrogen-bond acceptors (Lipinski definition) is 5. The summed E-state index contributed by atoms with van der Waals surface area (Å²) in [6, 6.07) is 11.8. The smallest absolute Gasteiger partial charge is 0.284 e. The number of ether oxygens (including phenoxy) is 2. The van der Waals surface area contributed by atoms with Gasteiger partial charge >= 0.3 is 0 Å². The van der Waals surface area contributed by atoms with Crippen molar-refractivity contribution >= 4 is 23.4 Å². The number of amides is 1. The molecule has 1 amide bonds. The van der Waals surface area contributed by atoms with Crippen molar-refractivity contribution in [3.05, 3.63) is 53.8 Å². The molecule has 0 aliphatic carbocycles. The lowest BCUT2D eigenvalue weighted by molar-refractivity contribution is -0.130. The number of hydrazone groups is 1. The Hall–Kier alpha value is -2.54. The van der Waals surface area contributed by atoms with Gasteiger partial charge in [-0.05, 0) is 30.3 Å². The molecule has 0 aromatic heterocycles. The van der Waals surface area contributed by atoms with E-state index in [9.17, 15) is 9.18 Å². The van der Waals surface area contributed by atoms with Gasteiger partial charge in [-0.2, -0.15) is 5.10 Å². The molecule has 1 atom stereocenters. The maximum absolute atomic E-state index is 13.5. The molecular formula is C18H15FN2O3S. The molecule has 25 heavy (non-hydrogen) atoms. The molecule has 2 aliphatic heterocycles. The Morgan fingerprint density at radius 2 is 2.08 bits per heavy atom. The molecule has 2 aliphatic rings. The summed E-state index contributed by atoms with van der Waals surface area (Å²) in [7, 11) is 0. The van der Waals surface area contributed by atoms with Crippen molar-refractivity contribution in [3.63, 3.8) is 0 Å². The number of fused-ring (bicyclic) bond motifs is 2. The fraction of sp³-hybridized carbons (Fsp3) is 0.222. The number of carbonyl (C=O) groups is 1. The van der Waals surface area contributed by atoms with E-state index >= 15 is 0 Å². The van der Waals surface area contributed by atoms with Gasteiger partial charge in [0.1, 0.15) is 12.4 Å². The lowest BCUT2D eigenvalue weighted by Crippen LogP contribution is -2.42. The van der Waals surface area contributed by atoms with Crippen molar-refractivity contribution in [1.29, 1.82) is 0 Å². The summed E-state index contributed by atoms with van der Waals surface area (Å²) in [5.74, 6) is 1.28. The number of halogens is 1. The molecule has 128 valence electrons. The standard InChI is InChI=1S/C18H15FN2O3S/c19-11-5-6-17-12(9-11)13(7-8-25-17)20-21-18(22)16-10-23-14-3-1-2-4-15(14)24-16/h1-6,9,16H,7-8,10H2,(H,21,22)/b20-13-/t16-/m1/s1. The molecule has 7 heteroatoms. The Balaban J connectivity index is 1.48. The van der Waals surface area contributed by atoms with E-state index in [2.05, 4.69) is 10.5 Å². The first-order valence-corrected chi connectivity index (χ1v) is 8.87. The first kappa shape index (κ1) is 16.0. The second-order valence-electron chi connectivity index (χ2n) is 5.64. The SMILES string of the molecule is O=C(N/N=C1/CCSc2ccc(F)cc21)[C@H]1COc2ccccc2O1. The van der Waals surface area contributed by atoms with Crippen LogP contribution in [0.15, 0.2) is 52.5 Å². The van der Waals surface area contributed by atoms with E-state index in [1.807, 2.05) is 12.1 Å². The summed E-state index contributed by atoms with van der Waals surface area (Å²) in [5, 5.41) is 4.20. The zero-order valence-electron chi connectivity index (χ0n) is 13.2. The van der Waals surface area contributed by atoms with Crippen LogP contribution in [-0.2, 0) is 4.79 Å². The second kappa shape index (κ2) is 6.76. The Morgan fingerprint density at radius 1 is 1.24 bits per heavy atom. The van der Waals surface area contributed by atoms with Crippen molar-refractivity contribution in [2.75, 3.05) is 12.4 Å². The van der Waals surface area contributed by atoms with Crippen molar-refractivity contribution in [2.24, 2.45) is 5.10 Å². The first-order valence-electron chi connectivity index (χ1n) is 7.88. The predicted molar refractivity (Wildman–Crippen MR) is 92.8 cm³/mol. The molecule has 1 N–H and O–H groups in total. The second-order valence-corrected chi connectivity index (χ2v) is 6.77. The van der Waals surface area contributed by atoms with Gasteiger partial charge in [0.05, 0.1) is 5.71 Å². The average molecular weight is 358 g/mol. The monoisotopic (exact) mass is 358 g/mol. The molecule has 0 bridgehead atoms. The molecule has 0 saturated heterocycles. The minimum atomic E-state index is -0.774. The highest BCUT2D eigenvalue weighted by atomic mass is 32.2. The fourth-order valence-corrected chi connectivity index (χ4v) is 3.72. The van der Waals surface area contributed by atoms with E-state index in [4.69, 9.17) is 9.47 Å². The van der Waals surface area contributed by atoms with Gasteiger partial charge in [0, 0.05) is 22.6 Å². The van der Waals surface area contributed by atoms with E-state index in [0.29, 0.717) is 23.6 Å². The highest BCUT2D eigenvalue weighted by Crippen LogP contribution is 2.32. The van der Waals surface area contributed by atoms with Crippen LogP contribution in [-0.4, -0.2) is 30.1 Å². The van der Waals surface area contributed by atoms with Gasteiger partial charge in [-0.25, -0.2) is 9.82 Å². The van der Waals surface area contributed by atoms with Gasteiger partial charge < -0.3 is 9.47 Å². The normalized spacial score (nSPS) is 20.0. The van der Waals surface area contributed by atoms with E-state index in [1.54, 1.807) is 30.0 Å². The van der Waals surface area contributed by atoms with Crippen molar-refractivity contribution in [2.45, 2.75) is 17.4 Å². The van der Waals surface area contributed by atoms with E-state index in [-0.39, 0.29) is 12.4 Å². The van der Waals surface area contributed by atoms with Crippen LogP contribution in [0.25, 0.3) is 0 Å². The zero-order chi connectivity index (χ0) is 17.2. The van der Waals surface area contributed by atoms with Crippen molar-refractivity contribution in [3.8, 4) is 11.5 Å². The van der Waals surface area contributed by atoms with E-state index in [1.165, 1.54) is 12.1 Å². The average Bonchev–Trinajstić information content (AvgIpc) is 2.65. The number of carbonyl (C=O) groups excluding carboxylic acids is 1. The summed E-state index contributed by atoms with van der Waals surface area (Å²) in [4.78, 5) is 13.3. The largest absolute Gasteiger partial charge is 0.485 e. The highest BCUT2D eigenvalue weighted by Gasteiger charge is 2.27. The molecule has 0 radical (unpaired) electrons. The molecule has 0 unspecified atom stereocenters. The lowest BCUT2D eigenvalue weighted by atomic mass is 10.1. The highest BCUT2D eigenvalue weighted by molar-refractivity contribution is 7.99. The molecule has 2 heterocycles. The van der Waals surface area contributed by atoms with Crippen molar-refractivity contribution < 1.29 is 18.7 Å². The molecule has 0 fully saturated rings. The minimum Gasteiger partial charge on any atom is -0.485 e. The van der Waals surface area contributed by atoms with Crippen LogP contribution < -0.4 is 14.9 Å². The molecule has 5 nitrogen and oxygen atoms in total. The topological polar surface area (TPSA) is 59.9 Å². The van der Waals surface area contributed by atoms with Crippen LogP contribution in [0.4, 0.5) is 4.39 Å². The number of para-hydroxylation sites is 2. The van der Waals surface area contributed by atoms with Gasteiger partial charge in [-0.15, -0.1) is 11.8 Å². The maximum atomic E-state index is 13.5. The molecule has 0 saturated carbocycles. The van der Waals surface area contributed by atoms with Crippen LogP contribution in [0.5, 0.6) is 11.5 Å². The predicted octanol–water partition coefficient (Wildman–Crippen LogP) is 2.98. The van der Waals surface area contributed by atoms with Crippen LogP contribution in [0.3, 0.4) is 0 Å². The van der Waals surface area contributed by atoms with Crippen LogP contribution >= 0.6 is 11.8 Å².